The summed E-state index contributed by atoms with van der Waals surface area (Å²) < 4.78 is 5.48. The summed E-state index contributed by atoms with van der Waals surface area (Å²) in [6, 6.07) is 0. The van der Waals surface area contributed by atoms with Crippen LogP contribution in [0.3, 0.4) is 0 Å². The van der Waals surface area contributed by atoms with E-state index in [1.54, 1.807) is 0 Å². The third-order valence-corrected chi connectivity index (χ3v) is 6.32. The minimum absolute atomic E-state index is 0.890. The first-order valence-corrected chi connectivity index (χ1v) is 7.83. The van der Waals surface area contributed by atoms with Crippen molar-refractivity contribution in [1.29, 1.82) is 0 Å². The van der Waals surface area contributed by atoms with Gasteiger partial charge >= 0.3 is 0 Å². The Morgan fingerprint density at radius 2 is 2.33 bits per heavy atom. The zero-order chi connectivity index (χ0) is 6.74. The summed E-state index contributed by atoms with van der Waals surface area (Å²) in [6.07, 6.45) is 2.47. The Hall–Kier alpha value is 0.960. The highest BCUT2D eigenvalue weighted by Gasteiger charge is 2.13. The van der Waals surface area contributed by atoms with Gasteiger partial charge in [0, 0.05) is 5.75 Å². The maximum atomic E-state index is 5.48. The van der Waals surface area contributed by atoms with Crippen molar-refractivity contribution in [2.24, 2.45) is 0 Å². The zero-order valence-electron chi connectivity index (χ0n) is 5.50. The van der Waals surface area contributed by atoms with Crippen molar-refractivity contribution in [1.82, 2.24) is 0 Å². The average Bonchev–Trinajstić information content (AvgIpc) is 1.92. The SMILES string of the molecule is CP1(=S)OCCCCS1. The Labute approximate surface area is 65.4 Å². The maximum Gasteiger partial charge on any atom is 0.116 e. The second-order valence-electron chi connectivity index (χ2n) is 2.14. The highest BCUT2D eigenvalue weighted by atomic mass is 32.9. The number of rotatable bonds is 0. The third-order valence-electron chi connectivity index (χ3n) is 1.19. The molecule has 0 aliphatic carbocycles. The van der Waals surface area contributed by atoms with Crippen LogP contribution in [0.1, 0.15) is 12.8 Å². The second-order valence-corrected chi connectivity index (χ2v) is 10.3. The fourth-order valence-electron chi connectivity index (χ4n) is 0.702. The molecule has 1 aliphatic rings. The molecule has 1 nitrogen and oxygen atoms in total. The highest BCUT2D eigenvalue weighted by molar-refractivity contribution is 8.69. The molecule has 1 saturated heterocycles. The molecule has 0 spiro atoms. The fourth-order valence-corrected chi connectivity index (χ4v) is 4.63. The fraction of sp³-hybridized carbons (Fsp3) is 1.00. The molecule has 0 bridgehead atoms. The molecule has 0 aromatic heterocycles. The van der Waals surface area contributed by atoms with Crippen molar-refractivity contribution in [3.8, 4) is 0 Å². The summed E-state index contributed by atoms with van der Waals surface area (Å²) in [4.78, 5) is 0. The number of hydrogen-bond acceptors (Lipinski definition) is 3. The molecule has 9 heavy (non-hydrogen) atoms. The predicted molar refractivity (Wildman–Crippen MR) is 47.9 cm³/mol. The Balaban J connectivity index is 2.45. The zero-order valence-corrected chi connectivity index (χ0v) is 8.03. The quantitative estimate of drug-likeness (QED) is 0.533. The summed E-state index contributed by atoms with van der Waals surface area (Å²) in [7, 11) is 0. The van der Waals surface area contributed by atoms with Crippen LogP contribution in [0, 0.1) is 0 Å². The van der Waals surface area contributed by atoms with Gasteiger partial charge in [0.15, 0.2) is 0 Å². The van der Waals surface area contributed by atoms with Gasteiger partial charge in [0.2, 0.25) is 0 Å². The van der Waals surface area contributed by atoms with Crippen molar-refractivity contribution in [2.45, 2.75) is 12.8 Å². The molecule has 1 aliphatic heterocycles. The summed E-state index contributed by atoms with van der Waals surface area (Å²) in [5.41, 5.74) is -1.38. The molecule has 0 N–H and O–H groups in total. The Morgan fingerprint density at radius 3 is 3.11 bits per heavy atom. The first-order chi connectivity index (χ1) is 4.21. The molecular weight excluding hydrogens is 171 g/mol. The van der Waals surface area contributed by atoms with Gasteiger partial charge in [-0.3, -0.25) is 0 Å². The number of hydrogen-bond donors (Lipinski definition) is 0. The van der Waals surface area contributed by atoms with E-state index in [1.807, 2.05) is 11.4 Å². The van der Waals surface area contributed by atoms with Gasteiger partial charge in [-0.05, 0) is 19.5 Å². The Morgan fingerprint density at radius 1 is 1.56 bits per heavy atom. The second kappa shape index (κ2) is 3.38. The van der Waals surface area contributed by atoms with Crippen molar-refractivity contribution in [3.63, 3.8) is 0 Å². The van der Waals surface area contributed by atoms with Crippen molar-refractivity contribution < 1.29 is 4.52 Å². The van der Waals surface area contributed by atoms with Gasteiger partial charge in [-0.25, -0.2) is 0 Å². The summed E-state index contributed by atoms with van der Waals surface area (Å²) in [5, 5.41) is 0. The van der Waals surface area contributed by atoms with E-state index in [1.165, 1.54) is 18.6 Å². The summed E-state index contributed by atoms with van der Waals surface area (Å²) >= 11 is 7.08. The van der Waals surface area contributed by atoms with E-state index in [-0.39, 0.29) is 0 Å². The molecule has 0 saturated carbocycles. The van der Waals surface area contributed by atoms with Gasteiger partial charge in [-0.1, -0.05) is 23.2 Å². The van der Waals surface area contributed by atoms with Gasteiger partial charge < -0.3 is 4.52 Å². The van der Waals surface area contributed by atoms with Gasteiger partial charge in [0.1, 0.15) is 5.47 Å². The van der Waals surface area contributed by atoms with Gasteiger partial charge in [0.05, 0.1) is 6.61 Å². The van der Waals surface area contributed by atoms with Gasteiger partial charge in [0.25, 0.3) is 0 Å². The molecule has 1 rings (SSSR count). The van der Waals surface area contributed by atoms with Crippen LogP contribution >= 0.6 is 16.8 Å². The Kier molecular flexibility index (Phi) is 3.03. The molecule has 0 aromatic rings. The molecule has 1 atom stereocenters. The first-order valence-electron chi connectivity index (χ1n) is 3.07. The van der Waals surface area contributed by atoms with Crippen LogP contribution in [0.4, 0.5) is 0 Å². The van der Waals surface area contributed by atoms with Crippen LogP contribution in [0.25, 0.3) is 0 Å². The lowest BCUT2D eigenvalue weighted by Crippen LogP contribution is -1.84. The normalized spacial score (nSPS) is 37.9. The van der Waals surface area contributed by atoms with E-state index in [4.69, 9.17) is 16.3 Å². The van der Waals surface area contributed by atoms with Crippen LogP contribution in [-0.2, 0) is 16.3 Å². The molecule has 54 valence electrons. The monoisotopic (exact) mass is 182 g/mol. The lowest BCUT2D eigenvalue weighted by molar-refractivity contribution is 0.353. The largest absolute Gasteiger partial charge is 0.342 e. The molecule has 0 radical (unpaired) electrons. The maximum absolute atomic E-state index is 5.48. The summed E-state index contributed by atoms with van der Waals surface area (Å²) in [6.45, 7) is 2.96. The van der Waals surface area contributed by atoms with E-state index in [9.17, 15) is 0 Å². The van der Waals surface area contributed by atoms with Crippen LogP contribution in [-0.4, -0.2) is 19.0 Å². The molecule has 1 fully saturated rings. The molecule has 1 unspecified atom stereocenters. The third kappa shape index (κ3) is 3.03. The predicted octanol–water partition coefficient (Wildman–Crippen LogP) is 2.47. The van der Waals surface area contributed by atoms with Crippen LogP contribution in [0.2, 0.25) is 0 Å². The molecule has 1 heterocycles. The van der Waals surface area contributed by atoms with Gasteiger partial charge in [-0.15, -0.1) is 0 Å². The highest BCUT2D eigenvalue weighted by Crippen LogP contribution is 2.57. The topological polar surface area (TPSA) is 9.23 Å². The molecule has 4 heteroatoms. The van der Waals surface area contributed by atoms with Crippen LogP contribution < -0.4 is 0 Å². The van der Waals surface area contributed by atoms with E-state index < -0.39 is 5.47 Å². The molecule has 0 amide bonds. The lowest BCUT2D eigenvalue weighted by atomic mass is 10.4. The van der Waals surface area contributed by atoms with E-state index in [0.717, 1.165) is 6.61 Å². The van der Waals surface area contributed by atoms with Crippen molar-refractivity contribution >= 4 is 28.7 Å². The average molecular weight is 182 g/mol. The van der Waals surface area contributed by atoms with Gasteiger partial charge in [-0.2, -0.15) is 0 Å². The van der Waals surface area contributed by atoms with Crippen molar-refractivity contribution in [2.75, 3.05) is 19.0 Å². The van der Waals surface area contributed by atoms with Crippen molar-refractivity contribution in [3.05, 3.63) is 0 Å². The van der Waals surface area contributed by atoms with Crippen LogP contribution in [0.15, 0.2) is 0 Å². The lowest BCUT2D eigenvalue weighted by Gasteiger charge is -2.11. The minimum atomic E-state index is -1.38. The summed E-state index contributed by atoms with van der Waals surface area (Å²) in [5.74, 6) is 1.20. The van der Waals surface area contributed by atoms with E-state index >= 15 is 0 Å². The minimum Gasteiger partial charge on any atom is -0.342 e. The Bertz CT molecular complexity index is 125. The molecular formula is C5H11OPS2. The smallest absolute Gasteiger partial charge is 0.116 e. The van der Waals surface area contributed by atoms with E-state index in [0.29, 0.717) is 0 Å². The standard InChI is InChI=1S/C5H11OPS2/c1-7(8)6-4-2-3-5-9-7/h2-5H2,1H3. The molecule has 0 aromatic carbocycles. The first kappa shape index (κ1) is 8.06. The van der Waals surface area contributed by atoms with Crippen LogP contribution in [0.5, 0.6) is 0 Å². The van der Waals surface area contributed by atoms with E-state index in [2.05, 4.69) is 6.66 Å².